The summed E-state index contributed by atoms with van der Waals surface area (Å²) >= 11 is 5.11. The first kappa shape index (κ1) is 19.6. The molecule has 1 aromatic heterocycles. The minimum Gasteiger partial charge on any atom is -0.337 e. The lowest BCUT2D eigenvalue weighted by molar-refractivity contribution is -0.130. The van der Waals surface area contributed by atoms with Crippen LogP contribution in [0.1, 0.15) is 17.9 Å². The lowest BCUT2D eigenvalue weighted by Crippen LogP contribution is -2.26. The molecule has 3 rings (SSSR count). The van der Waals surface area contributed by atoms with E-state index in [1.807, 2.05) is 24.3 Å². The van der Waals surface area contributed by atoms with Gasteiger partial charge in [-0.15, -0.1) is 11.8 Å². The first-order valence-electron chi connectivity index (χ1n) is 8.53. The van der Waals surface area contributed by atoms with Gasteiger partial charge in [-0.25, -0.2) is 0 Å². The maximum atomic E-state index is 12.3. The summed E-state index contributed by atoms with van der Waals surface area (Å²) in [5, 5.41) is 4.00. The fourth-order valence-corrected chi connectivity index (χ4v) is 3.68. The first-order chi connectivity index (χ1) is 13.0. The summed E-state index contributed by atoms with van der Waals surface area (Å²) in [6.45, 7) is 2.36. The molecule has 3 aromatic rings. The van der Waals surface area contributed by atoms with Gasteiger partial charge in [0, 0.05) is 34.2 Å². The summed E-state index contributed by atoms with van der Waals surface area (Å²) in [7, 11) is 1.75. The number of benzene rings is 2. The van der Waals surface area contributed by atoms with Crippen LogP contribution in [0.3, 0.4) is 0 Å². The van der Waals surface area contributed by atoms with Crippen LogP contribution in [0.4, 0.5) is 0 Å². The standard InChI is InChI=1S/C20H20BrN3O2S/c1-14-6-8-17(9-7-14)27-11-10-19(25)24(2)13-18-22-20(23-26-18)15-4-3-5-16(21)12-15/h3-9,12H,10-11,13H2,1-2H3. The maximum absolute atomic E-state index is 12.3. The molecule has 0 atom stereocenters. The number of carbonyl (C=O) groups excluding carboxylic acids is 1. The van der Waals surface area contributed by atoms with Crippen LogP contribution in [0.25, 0.3) is 11.4 Å². The quantitative estimate of drug-likeness (QED) is 0.481. The van der Waals surface area contributed by atoms with Gasteiger partial charge in [-0.3, -0.25) is 4.79 Å². The SMILES string of the molecule is Cc1ccc(SCCC(=O)N(C)Cc2nc(-c3cccc(Br)c3)no2)cc1. The number of amides is 1. The predicted molar refractivity (Wildman–Crippen MR) is 110 cm³/mol. The first-order valence-corrected chi connectivity index (χ1v) is 10.3. The van der Waals surface area contributed by atoms with Gasteiger partial charge in [-0.05, 0) is 31.2 Å². The van der Waals surface area contributed by atoms with Crippen molar-refractivity contribution in [2.24, 2.45) is 0 Å². The zero-order valence-electron chi connectivity index (χ0n) is 15.2. The van der Waals surface area contributed by atoms with Gasteiger partial charge in [-0.1, -0.05) is 50.9 Å². The van der Waals surface area contributed by atoms with Gasteiger partial charge in [0.1, 0.15) is 0 Å². The third kappa shape index (κ3) is 5.68. The van der Waals surface area contributed by atoms with Crippen molar-refractivity contribution >= 4 is 33.6 Å². The van der Waals surface area contributed by atoms with E-state index in [1.54, 1.807) is 23.7 Å². The zero-order chi connectivity index (χ0) is 19.2. The smallest absolute Gasteiger partial charge is 0.246 e. The molecule has 27 heavy (non-hydrogen) atoms. The monoisotopic (exact) mass is 445 g/mol. The highest BCUT2D eigenvalue weighted by atomic mass is 79.9. The molecule has 0 N–H and O–H groups in total. The number of nitrogens with zero attached hydrogens (tertiary/aromatic N) is 3. The molecule has 7 heteroatoms. The van der Waals surface area contributed by atoms with Crippen LogP contribution in [0, 0.1) is 6.92 Å². The van der Waals surface area contributed by atoms with E-state index in [1.165, 1.54) is 10.5 Å². The lowest BCUT2D eigenvalue weighted by atomic mass is 10.2. The number of halogens is 1. The van der Waals surface area contributed by atoms with Crippen molar-refractivity contribution in [1.29, 1.82) is 0 Å². The fourth-order valence-electron chi connectivity index (χ4n) is 2.44. The minimum atomic E-state index is 0.0526. The van der Waals surface area contributed by atoms with Gasteiger partial charge < -0.3 is 9.42 Å². The molecule has 140 valence electrons. The highest BCUT2D eigenvalue weighted by Gasteiger charge is 2.15. The second kappa shape index (κ2) is 9.19. The lowest BCUT2D eigenvalue weighted by Gasteiger charge is -2.14. The third-order valence-corrected chi connectivity index (χ3v) is 5.46. The molecule has 0 aliphatic heterocycles. The molecule has 0 radical (unpaired) electrons. The highest BCUT2D eigenvalue weighted by molar-refractivity contribution is 9.10. The van der Waals surface area contributed by atoms with E-state index >= 15 is 0 Å². The summed E-state index contributed by atoms with van der Waals surface area (Å²) < 4.78 is 6.24. The molecule has 5 nitrogen and oxygen atoms in total. The molecule has 0 aliphatic carbocycles. The van der Waals surface area contributed by atoms with Gasteiger partial charge in [0.25, 0.3) is 0 Å². The molecule has 0 fully saturated rings. The van der Waals surface area contributed by atoms with Crippen molar-refractivity contribution in [3.63, 3.8) is 0 Å². The Labute approximate surface area is 171 Å². The molecule has 0 unspecified atom stereocenters. The molecule has 0 spiro atoms. The highest BCUT2D eigenvalue weighted by Crippen LogP contribution is 2.21. The van der Waals surface area contributed by atoms with E-state index in [-0.39, 0.29) is 5.91 Å². The molecule has 1 heterocycles. The van der Waals surface area contributed by atoms with Crippen molar-refractivity contribution in [3.8, 4) is 11.4 Å². The Morgan fingerprint density at radius 1 is 1.22 bits per heavy atom. The third-order valence-electron chi connectivity index (χ3n) is 3.95. The van der Waals surface area contributed by atoms with Gasteiger partial charge in [0.2, 0.25) is 17.6 Å². The Morgan fingerprint density at radius 2 is 2.00 bits per heavy atom. The van der Waals surface area contributed by atoms with E-state index < -0.39 is 0 Å². The van der Waals surface area contributed by atoms with Crippen molar-refractivity contribution < 1.29 is 9.32 Å². The van der Waals surface area contributed by atoms with Crippen LogP contribution in [0.2, 0.25) is 0 Å². The molecule has 0 aliphatic rings. The summed E-state index contributed by atoms with van der Waals surface area (Å²) in [6.07, 6.45) is 0.460. The van der Waals surface area contributed by atoms with Gasteiger partial charge in [0.15, 0.2) is 0 Å². The predicted octanol–water partition coefficient (Wildman–Crippen LogP) is 4.95. The molecule has 0 saturated carbocycles. The van der Waals surface area contributed by atoms with E-state index in [4.69, 9.17) is 4.52 Å². The van der Waals surface area contributed by atoms with Crippen molar-refractivity contribution in [3.05, 3.63) is 64.5 Å². The molecule has 0 saturated heterocycles. The molecule has 2 aromatic carbocycles. The Kier molecular flexibility index (Phi) is 6.68. The largest absolute Gasteiger partial charge is 0.337 e. The molecule has 1 amide bonds. The summed E-state index contributed by atoms with van der Waals surface area (Å²) in [4.78, 5) is 19.5. The number of aryl methyl sites for hydroxylation is 1. The number of hydrogen-bond donors (Lipinski definition) is 0. The Morgan fingerprint density at radius 3 is 2.74 bits per heavy atom. The Hall–Kier alpha value is -2.12. The van der Waals surface area contributed by atoms with E-state index in [9.17, 15) is 4.79 Å². The maximum Gasteiger partial charge on any atom is 0.246 e. The topological polar surface area (TPSA) is 59.2 Å². The van der Waals surface area contributed by atoms with Crippen molar-refractivity contribution in [2.45, 2.75) is 24.8 Å². The van der Waals surface area contributed by atoms with Crippen LogP contribution in [0.15, 0.2) is 62.4 Å². The number of aromatic nitrogens is 2. The van der Waals surface area contributed by atoms with Crippen LogP contribution in [0.5, 0.6) is 0 Å². The summed E-state index contributed by atoms with van der Waals surface area (Å²) in [5.74, 6) is 1.73. The number of thioether (sulfide) groups is 1. The summed E-state index contributed by atoms with van der Waals surface area (Å²) in [6, 6.07) is 16.0. The van der Waals surface area contributed by atoms with Crippen LogP contribution in [-0.2, 0) is 11.3 Å². The Balaban J connectivity index is 1.50. The second-order valence-electron chi connectivity index (χ2n) is 6.18. The van der Waals surface area contributed by atoms with E-state index in [0.29, 0.717) is 24.7 Å². The van der Waals surface area contributed by atoms with Crippen molar-refractivity contribution in [1.82, 2.24) is 15.0 Å². The summed E-state index contributed by atoms with van der Waals surface area (Å²) in [5.41, 5.74) is 2.10. The van der Waals surface area contributed by atoms with Gasteiger partial charge >= 0.3 is 0 Å². The van der Waals surface area contributed by atoms with Gasteiger partial charge in [0.05, 0.1) is 6.54 Å². The van der Waals surface area contributed by atoms with E-state index in [2.05, 4.69) is 57.3 Å². The van der Waals surface area contributed by atoms with Crippen LogP contribution < -0.4 is 0 Å². The fraction of sp³-hybridized carbons (Fsp3) is 0.250. The number of carbonyl (C=O) groups is 1. The number of hydrogen-bond acceptors (Lipinski definition) is 5. The minimum absolute atomic E-state index is 0.0526. The molecule has 0 bridgehead atoms. The van der Waals surface area contributed by atoms with Crippen LogP contribution in [-0.4, -0.2) is 33.7 Å². The number of rotatable bonds is 7. The zero-order valence-corrected chi connectivity index (χ0v) is 17.6. The van der Waals surface area contributed by atoms with Gasteiger partial charge in [-0.2, -0.15) is 4.98 Å². The van der Waals surface area contributed by atoms with Crippen LogP contribution >= 0.6 is 27.7 Å². The average molecular weight is 446 g/mol. The Bertz CT molecular complexity index is 912. The van der Waals surface area contributed by atoms with Crippen molar-refractivity contribution in [2.75, 3.05) is 12.8 Å². The molecular weight excluding hydrogens is 426 g/mol. The normalized spacial score (nSPS) is 10.8. The van der Waals surface area contributed by atoms with E-state index in [0.717, 1.165) is 15.8 Å². The second-order valence-corrected chi connectivity index (χ2v) is 8.27. The molecular formula is C20H20BrN3O2S. The average Bonchev–Trinajstić information content (AvgIpc) is 3.12.